The van der Waals surface area contributed by atoms with E-state index < -0.39 is 23.4 Å². The average Bonchev–Trinajstić information content (AvgIpc) is 3.45. The fourth-order valence-corrected chi connectivity index (χ4v) is 6.80. The molecule has 0 aliphatic carbocycles. The number of ketones is 2. The van der Waals surface area contributed by atoms with E-state index in [0.29, 0.717) is 27.4 Å². The van der Waals surface area contributed by atoms with Gasteiger partial charge in [0.2, 0.25) is 5.91 Å². The quantitative estimate of drug-likeness (QED) is 0.347. The summed E-state index contributed by atoms with van der Waals surface area (Å²) in [5, 5.41) is 3.60. The molecule has 4 aromatic rings. The third kappa shape index (κ3) is 3.28. The lowest BCUT2D eigenvalue weighted by atomic mass is 9.64. The number of nitrogens with zero attached hydrogens (tertiary/aromatic N) is 2. The summed E-state index contributed by atoms with van der Waals surface area (Å²) in [4.78, 5) is 49.4. The van der Waals surface area contributed by atoms with Crippen LogP contribution in [-0.2, 0) is 10.2 Å². The Kier molecular flexibility index (Phi) is 5.28. The molecular weight excluding hydrogens is 510 g/mol. The van der Waals surface area contributed by atoms with Crippen molar-refractivity contribution in [2.45, 2.75) is 17.5 Å². The maximum absolute atomic E-state index is 14.6. The van der Waals surface area contributed by atoms with Gasteiger partial charge in [-0.05, 0) is 47.5 Å². The Balaban J connectivity index is 1.55. The topological polar surface area (TPSA) is 79.4 Å². The van der Waals surface area contributed by atoms with E-state index in [2.05, 4.69) is 10.3 Å². The second kappa shape index (κ2) is 8.75. The number of anilines is 2. The van der Waals surface area contributed by atoms with Crippen molar-refractivity contribution in [2.24, 2.45) is 5.92 Å². The first kappa shape index (κ1) is 23.6. The molecule has 7 heteroatoms. The van der Waals surface area contributed by atoms with Crippen LogP contribution in [0.1, 0.15) is 31.8 Å². The molecular formula is C32H22ClN3O3. The Morgan fingerprint density at radius 1 is 0.872 bits per heavy atom. The Hall–Kier alpha value is -4.55. The molecule has 6 nitrogen and oxygen atoms in total. The van der Waals surface area contributed by atoms with Crippen LogP contribution < -0.4 is 10.2 Å². The molecule has 1 spiro atoms. The number of halogens is 1. The molecule has 190 valence electrons. The number of carbonyl (C=O) groups excluding carboxylic acids is 3. The number of Topliss-reactive ketones (excluding diaryl/α,β-unsaturated/α-hetero) is 2. The summed E-state index contributed by atoms with van der Waals surface area (Å²) in [5.74, 6) is -1.82. The van der Waals surface area contributed by atoms with Gasteiger partial charge in [0.1, 0.15) is 11.5 Å². The van der Waals surface area contributed by atoms with Gasteiger partial charge in [0.15, 0.2) is 11.6 Å². The van der Waals surface area contributed by atoms with E-state index in [9.17, 15) is 14.4 Å². The predicted molar refractivity (Wildman–Crippen MR) is 150 cm³/mol. The van der Waals surface area contributed by atoms with Crippen molar-refractivity contribution in [2.75, 3.05) is 10.2 Å². The summed E-state index contributed by atoms with van der Waals surface area (Å²) < 4.78 is 0. The molecule has 1 saturated heterocycles. The van der Waals surface area contributed by atoms with Crippen LogP contribution in [0.25, 0.3) is 6.08 Å². The van der Waals surface area contributed by atoms with E-state index in [1.807, 2.05) is 59.5 Å². The predicted octanol–water partition coefficient (Wildman–Crippen LogP) is 5.59. The van der Waals surface area contributed by atoms with E-state index in [4.69, 9.17) is 11.6 Å². The molecule has 3 aromatic carbocycles. The van der Waals surface area contributed by atoms with E-state index in [1.54, 1.807) is 54.9 Å². The molecule has 4 unspecified atom stereocenters. The van der Waals surface area contributed by atoms with Crippen LogP contribution in [0, 0.1) is 5.92 Å². The van der Waals surface area contributed by atoms with Crippen molar-refractivity contribution >= 4 is 46.5 Å². The highest BCUT2D eigenvalue weighted by Crippen LogP contribution is 2.58. The number of para-hydroxylation sites is 1. The third-order valence-corrected chi connectivity index (χ3v) is 8.40. The number of pyridine rings is 1. The van der Waals surface area contributed by atoms with Crippen molar-refractivity contribution in [1.82, 2.24) is 4.98 Å². The summed E-state index contributed by atoms with van der Waals surface area (Å²) >= 11 is 6.34. The van der Waals surface area contributed by atoms with Gasteiger partial charge in [0.25, 0.3) is 0 Å². The number of hydrogen-bond donors (Lipinski definition) is 1. The minimum absolute atomic E-state index is 0.224. The van der Waals surface area contributed by atoms with E-state index in [-0.39, 0.29) is 17.5 Å². The zero-order valence-electron chi connectivity index (χ0n) is 20.6. The lowest BCUT2D eigenvalue weighted by Gasteiger charge is -2.37. The first-order valence-corrected chi connectivity index (χ1v) is 13.1. The number of benzene rings is 3. The third-order valence-electron chi connectivity index (χ3n) is 8.17. The summed E-state index contributed by atoms with van der Waals surface area (Å²) in [5.41, 5.74) is 2.46. The number of carbonyl (C=O) groups is 3. The number of hydrogen-bond acceptors (Lipinski definition) is 5. The van der Waals surface area contributed by atoms with Crippen molar-refractivity contribution in [3.05, 3.63) is 131 Å². The van der Waals surface area contributed by atoms with Crippen molar-refractivity contribution < 1.29 is 14.4 Å². The molecule has 3 aliphatic rings. The Bertz CT molecular complexity index is 1690. The van der Waals surface area contributed by atoms with E-state index >= 15 is 0 Å². The highest BCUT2D eigenvalue weighted by atomic mass is 35.5. The van der Waals surface area contributed by atoms with Crippen LogP contribution in [0.5, 0.6) is 0 Å². The first-order chi connectivity index (χ1) is 19.0. The highest BCUT2D eigenvalue weighted by molar-refractivity contribution is 6.31. The Morgan fingerprint density at radius 3 is 2.38 bits per heavy atom. The average molecular weight is 532 g/mol. The van der Waals surface area contributed by atoms with Crippen molar-refractivity contribution in [3.8, 4) is 0 Å². The van der Waals surface area contributed by atoms with Crippen molar-refractivity contribution in [3.63, 3.8) is 0 Å². The molecule has 39 heavy (non-hydrogen) atoms. The van der Waals surface area contributed by atoms with Crippen molar-refractivity contribution in [1.29, 1.82) is 0 Å². The Morgan fingerprint density at radius 2 is 1.59 bits per heavy atom. The van der Waals surface area contributed by atoms with Gasteiger partial charge in [0, 0.05) is 39.9 Å². The van der Waals surface area contributed by atoms with Gasteiger partial charge >= 0.3 is 0 Å². The minimum Gasteiger partial charge on any atom is -0.352 e. The summed E-state index contributed by atoms with van der Waals surface area (Å²) in [7, 11) is 0. The SMILES string of the molecule is O=C(c1ccccc1)C1C(C(=O)c2ccncc2)C2(C(=O)Nc3ccccc32)C2C=Cc3cc(Cl)ccc3N12. The standard InChI is InChI=1S/C32H22ClN3O3/c33-22-11-12-25-21(18-22)10-13-26-32(23-8-4-5-9-24(23)35-31(32)39)27(29(37)20-14-16-34-17-15-20)28(36(25)26)30(38)19-6-2-1-3-7-19/h1-18,26-28H,(H,35,39). The van der Waals surface area contributed by atoms with Crippen LogP contribution in [0.15, 0.2) is 103 Å². The van der Waals surface area contributed by atoms with E-state index in [0.717, 1.165) is 11.3 Å². The van der Waals surface area contributed by atoms with Gasteiger partial charge in [-0.1, -0.05) is 72.3 Å². The number of aromatic nitrogens is 1. The minimum atomic E-state index is -1.35. The maximum Gasteiger partial charge on any atom is 0.238 e. The second-order valence-electron chi connectivity index (χ2n) is 10.0. The highest BCUT2D eigenvalue weighted by Gasteiger charge is 2.70. The number of fused-ring (bicyclic) bond motifs is 6. The van der Waals surface area contributed by atoms with Gasteiger partial charge < -0.3 is 10.2 Å². The molecule has 4 atom stereocenters. The zero-order valence-corrected chi connectivity index (χ0v) is 21.4. The van der Waals surface area contributed by atoms with Crippen LogP contribution in [-0.4, -0.2) is 34.5 Å². The molecule has 1 amide bonds. The molecule has 1 N–H and O–H groups in total. The molecule has 1 fully saturated rings. The summed E-state index contributed by atoms with van der Waals surface area (Å²) in [6.07, 6.45) is 6.97. The summed E-state index contributed by atoms with van der Waals surface area (Å²) in [6.45, 7) is 0. The number of amides is 1. The largest absolute Gasteiger partial charge is 0.352 e. The van der Waals surface area contributed by atoms with Crippen LogP contribution >= 0.6 is 11.6 Å². The van der Waals surface area contributed by atoms with Crippen LogP contribution in [0.3, 0.4) is 0 Å². The molecule has 7 rings (SSSR count). The fraction of sp³-hybridized carbons (Fsp3) is 0.125. The lowest BCUT2D eigenvalue weighted by Crippen LogP contribution is -2.51. The van der Waals surface area contributed by atoms with Crippen LogP contribution in [0.4, 0.5) is 11.4 Å². The number of nitrogens with one attached hydrogen (secondary N) is 1. The lowest BCUT2D eigenvalue weighted by molar-refractivity contribution is -0.121. The molecule has 0 bridgehead atoms. The fourth-order valence-electron chi connectivity index (χ4n) is 6.62. The van der Waals surface area contributed by atoms with Gasteiger partial charge in [0.05, 0.1) is 12.0 Å². The first-order valence-electron chi connectivity index (χ1n) is 12.7. The van der Waals surface area contributed by atoms with Crippen LogP contribution in [0.2, 0.25) is 5.02 Å². The van der Waals surface area contributed by atoms with Gasteiger partial charge in [-0.15, -0.1) is 0 Å². The monoisotopic (exact) mass is 531 g/mol. The molecule has 4 heterocycles. The normalized spacial score (nSPS) is 24.2. The maximum atomic E-state index is 14.6. The zero-order chi connectivity index (χ0) is 26.7. The summed E-state index contributed by atoms with van der Waals surface area (Å²) in [6, 6.07) is 23.6. The van der Waals surface area contributed by atoms with Gasteiger partial charge in [-0.3, -0.25) is 19.4 Å². The molecule has 3 aliphatic heterocycles. The second-order valence-corrected chi connectivity index (χ2v) is 10.5. The van der Waals surface area contributed by atoms with Gasteiger partial charge in [-0.25, -0.2) is 0 Å². The molecule has 0 radical (unpaired) electrons. The van der Waals surface area contributed by atoms with E-state index in [1.165, 1.54) is 0 Å². The molecule has 1 aromatic heterocycles. The molecule has 0 saturated carbocycles. The number of rotatable bonds is 4. The smallest absolute Gasteiger partial charge is 0.238 e. The van der Waals surface area contributed by atoms with Gasteiger partial charge in [-0.2, -0.15) is 0 Å². The Labute approximate surface area is 229 Å².